The van der Waals surface area contributed by atoms with Gasteiger partial charge >= 0.3 is 5.97 Å². The fraction of sp³-hybridized carbons (Fsp3) is 0.150. The van der Waals surface area contributed by atoms with E-state index in [4.69, 9.17) is 25.6 Å². The van der Waals surface area contributed by atoms with E-state index in [0.717, 1.165) is 0 Å². The molecule has 1 aromatic heterocycles. The van der Waals surface area contributed by atoms with E-state index in [0.29, 0.717) is 27.7 Å². The van der Waals surface area contributed by atoms with Crippen LogP contribution >= 0.6 is 11.6 Å². The maximum Gasteiger partial charge on any atom is 0.378 e. The number of methoxy groups -OCH3 is 1. The highest BCUT2D eigenvalue weighted by atomic mass is 35.5. The van der Waals surface area contributed by atoms with Gasteiger partial charge < -0.3 is 19.3 Å². The zero-order chi connectivity index (χ0) is 20.1. The van der Waals surface area contributed by atoms with E-state index < -0.39 is 18.0 Å². The van der Waals surface area contributed by atoms with Crippen molar-refractivity contribution in [2.24, 2.45) is 0 Å². The Morgan fingerprint density at radius 2 is 1.89 bits per heavy atom. The lowest BCUT2D eigenvalue weighted by Crippen LogP contribution is -2.25. The number of ether oxygens (including phenoxy) is 2. The summed E-state index contributed by atoms with van der Waals surface area (Å²) >= 11 is 6.10. The first-order valence-electron chi connectivity index (χ1n) is 8.31. The summed E-state index contributed by atoms with van der Waals surface area (Å²) in [7, 11) is 1.50. The van der Waals surface area contributed by atoms with Crippen molar-refractivity contribution in [2.75, 3.05) is 12.4 Å². The maximum atomic E-state index is 12.8. The highest BCUT2D eigenvalue weighted by molar-refractivity contribution is 6.32. The van der Waals surface area contributed by atoms with E-state index in [2.05, 4.69) is 10.5 Å². The van der Waals surface area contributed by atoms with Gasteiger partial charge in [0, 0.05) is 17.3 Å². The van der Waals surface area contributed by atoms with E-state index in [1.54, 1.807) is 55.5 Å². The average Bonchev–Trinajstić information content (AvgIpc) is 3.13. The number of carbonyl (C=O) groups is 2. The van der Waals surface area contributed by atoms with Crippen LogP contribution in [0.2, 0.25) is 5.02 Å². The molecule has 1 N–H and O–H groups in total. The van der Waals surface area contributed by atoms with Gasteiger partial charge in [0.2, 0.25) is 11.9 Å². The maximum absolute atomic E-state index is 12.8. The summed E-state index contributed by atoms with van der Waals surface area (Å²) in [4.78, 5) is 25.2. The molecule has 3 rings (SSSR count). The van der Waals surface area contributed by atoms with Gasteiger partial charge in [-0.1, -0.05) is 47.1 Å². The second-order valence-corrected chi connectivity index (χ2v) is 6.27. The Morgan fingerprint density at radius 3 is 2.50 bits per heavy atom. The van der Waals surface area contributed by atoms with Crippen LogP contribution in [0.15, 0.2) is 59.1 Å². The van der Waals surface area contributed by atoms with Crippen molar-refractivity contribution in [3.63, 3.8) is 0 Å². The minimum Gasteiger partial charge on any atom is -0.495 e. The Morgan fingerprint density at radius 1 is 1.14 bits per heavy atom. The summed E-state index contributed by atoms with van der Waals surface area (Å²) in [6, 6.07) is 14.9. The lowest BCUT2D eigenvalue weighted by Gasteiger charge is -2.17. The van der Waals surface area contributed by atoms with Gasteiger partial charge in [-0.15, -0.1) is 0 Å². The Bertz CT molecular complexity index is 987. The van der Waals surface area contributed by atoms with Crippen molar-refractivity contribution in [1.82, 2.24) is 5.16 Å². The number of halogens is 1. The molecule has 28 heavy (non-hydrogen) atoms. The first-order valence-corrected chi connectivity index (χ1v) is 8.69. The van der Waals surface area contributed by atoms with Crippen molar-refractivity contribution in [3.05, 3.63) is 76.6 Å². The SMILES string of the molecule is COc1ccc(NC(=O)[C@H](OC(=O)c2cc(C)no2)c2ccccc2)cc1Cl. The quantitative estimate of drug-likeness (QED) is 0.624. The van der Waals surface area contributed by atoms with Gasteiger partial charge in [0.25, 0.3) is 5.91 Å². The number of carbonyl (C=O) groups excluding carboxylic acids is 2. The Balaban J connectivity index is 1.83. The van der Waals surface area contributed by atoms with Crippen LogP contribution in [0.5, 0.6) is 5.75 Å². The van der Waals surface area contributed by atoms with E-state index in [-0.39, 0.29) is 5.76 Å². The zero-order valence-electron chi connectivity index (χ0n) is 15.1. The second kappa shape index (κ2) is 8.58. The van der Waals surface area contributed by atoms with E-state index in [1.807, 2.05) is 0 Å². The van der Waals surface area contributed by atoms with Gasteiger partial charge in [-0.25, -0.2) is 4.79 Å². The summed E-state index contributed by atoms with van der Waals surface area (Å²) in [6.45, 7) is 1.68. The van der Waals surface area contributed by atoms with Crippen LogP contribution in [0.3, 0.4) is 0 Å². The third kappa shape index (κ3) is 4.50. The monoisotopic (exact) mass is 400 g/mol. The normalized spacial score (nSPS) is 11.5. The van der Waals surface area contributed by atoms with Crippen molar-refractivity contribution in [1.29, 1.82) is 0 Å². The lowest BCUT2D eigenvalue weighted by atomic mass is 10.1. The van der Waals surface area contributed by atoms with E-state index in [1.165, 1.54) is 13.2 Å². The number of amides is 1. The summed E-state index contributed by atoms with van der Waals surface area (Å²) in [5.74, 6) is -0.945. The Kier molecular flexibility index (Phi) is 5.96. The number of aryl methyl sites for hydroxylation is 1. The third-order valence-electron chi connectivity index (χ3n) is 3.81. The number of rotatable bonds is 6. The largest absolute Gasteiger partial charge is 0.495 e. The Hall–Kier alpha value is -3.32. The average molecular weight is 401 g/mol. The molecule has 7 nitrogen and oxygen atoms in total. The van der Waals surface area contributed by atoms with Crippen molar-refractivity contribution in [3.8, 4) is 5.75 Å². The minimum atomic E-state index is -1.19. The van der Waals surface area contributed by atoms with Gasteiger partial charge in [0.05, 0.1) is 17.8 Å². The van der Waals surface area contributed by atoms with Crippen molar-refractivity contribution >= 4 is 29.2 Å². The predicted molar refractivity (Wildman–Crippen MR) is 102 cm³/mol. The summed E-state index contributed by atoms with van der Waals surface area (Å²) in [5.41, 5.74) is 1.47. The molecule has 0 aliphatic carbocycles. The number of nitrogens with zero attached hydrogens (tertiary/aromatic N) is 1. The van der Waals surface area contributed by atoms with Gasteiger partial charge in [0.15, 0.2) is 0 Å². The van der Waals surface area contributed by atoms with Crippen molar-refractivity contribution in [2.45, 2.75) is 13.0 Å². The smallest absolute Gasteiger partial charge is 0.378 e. The number of nitrogens with one attached hydrogen (secondary N) is 1. The van der Waals surface area contributed by atoms with Crippen LogP contribution in [0.1, 0.15) is 27.9 Å². The van der Waals surface area contributed by atoms with Gasteiger partial charge in [-0.3, -0.25) is 4.79 Å². The van der Waals surface area contributed by atoms with Gasteiger partial charge in [-0.05, 0) is 25.1 Å². The standard InChI is InChI=1S/C20H17ClN2O5/c1-12-10-17(28-23-12)20(25)27-18(13-6-4-3-5-7-13)19(24)22-14-8-9-16(26-2)15(21)11-14/h3-11,18H,1-2H3,(H,22,24)/t18-/m1/s1. The molecule has 0 radical (unpaired) electrons. The van der Waals surface area contributed by atoms with Crippen LogP contribution in [-0.4, -0.2) is 24.1 Å². The molecule has 0 unspecified atom stereocenters. The number of hydrogen-bond acceptors (Lipinski definition) is 6. The first kappa shape index (κ1) is 19.4. The topological polar surface area (TPSA) is 90.7 Å². The fourth-order valence-electron chi connectivity index (χ4n) is 2.48. The molecule has 8 heteroatoms. The highest BCUT2D eigenvalue weighted by Crippen LogP contribution is 2.28. The molecule has 1 heterocycles. The van der Waals surface area contributed by atoms with Crippen molar-refractivity contribution < 1.29 is 23.6 Å². The summed E-state index contributed by atoms with van der Waals surface area (Å²) < 4.78 is 15.4. The molecule has 3 aromatic rings. The van der Waals surface area contributed by atoms with E-state index in [9.17, 15) is 9.59 Å². The number of aromatic nitrogens is 1. The number of esters is 1. The minimum absolute atomic E-state index is 0.0845. The first-order chi connectivity index (χ1) is 13.5. The summed E-state index contributed by atoms with van der Waals surface area (Å²) in [6.07, 6.45) is -1.19. The molecule has 2 aromatic carbocycles. The molecule has 0 bridgehead atoms. The summed E-state index contributed by atoms with van der Waals surface area (Å²) in [5, 5.41) is 6.68. The molecule has 1 amide bonds. The molecule has 0 fully saturated rings. The van der Waals surface area contributed by atoms with Crippen LogP contribution in [-0.2, 0) is 9.53 Å². The van der Waals surface area contributed by atoms with E-state index >= 15 is 0 Å². The number of benzene rings is 2. The van der Waals surface area contributed by atoms with Crippen LogP contribution in [0, 0.1) is 6.92 Å². The molecule has 0 aliphatic heterocycles. The molecule has 144 valence electrons. The highest BCUT2D eigenvalue weighted by Gasteiger charge is 2.27. The molecular formula is C20H17ClN2O5. The molecule has 0 saturated carbocycles. The number of anilines is 1. The molecule has 0 aliphatic rings. The predicted octanol–water partition coefficient (Wildman–Crippen LogP) is 4.18. The molecule has 1 atom stereocenters. The fourth-order valence-corrected chi connectivity index (χ4v) is 2.74. The van der Waals surface area contributed by atoms with Gasteiger partial charge in [-0.2, -0.15) is 0 Å². The third-order valence-corrected chi connectivity index (χ3v) is 4.11. The molecular weight excluding hydrogens is 384 g/mol. The van der Waals surface area contributed by atoms with Gasteiger partial charge in [0.1, 0.15) is 5.75 Å². The lowest BCUT2D eigenvalue weighted by molar-refractivity contribution is -0.125. The van der Waals surface area contributed by atoms with Crippen LogP contribution in [0.4, 0.5) is 5.69 Å². The second-order valence-electron chi connectivity index (χ2n) is 5.87. The Labute approximate surface area is 166 Å². The molecule has 0 spiro atoms. The zero-order valence-corrected chi connectivity index (χ0v) is 15.9. The molecule has 0 saturated heterocycles. The van der Waals surface area contributed by atoms with Crippen LogP contribution in [0.25, 0.3) is 0 Å². The number of hydrogen-bond donors (Lipinski definition) is 1. The van der Waals surface area contributed by atoms with Crippen LogP contribution < -0.4 is 10.1 Å².